The predicted molar refractivity (Wildman–Crippen MR) is 62.7 cm³/mol. The zero-order valence-corrected chi connectivity index (χ0v) is 10.0. The van der Waals surface area contributed by atoms with Crippen LogP contribution in [0.25, 0.3) is 0 Å². The number of nitrogens with one attached hydrogen (secondary N) is 1. The van der Waals surface area contributed by atoms with E-state index < -0.39 is 0 Å². The number of halogens is 1. The highest BCUT2D eigenvalue weighted by Gasteiger charge is 2.04. The fraction of sp³-hybridized carbons (Fsp3) is 0.273. The molecule has 2 aromatic rings. The maximum atomic E-state index is 9.59. The molecule has 1 aromatic heterocycles. The molecule has 0 spiro atoms. The van der Waals surface area contributed by atoms with Gasteiger partial charge in [0.15, 0.2) is 5.82 Å². The molecule has 6 heteroatoms. The molecule has 1 aromatic carbocycles. The van der Waals surface area contributed by atoms with Gasteiger partial charge in [-0.1, -0.05) is 16.8 Å². The van der Waals surface area contributed by atoms with Crippen LogP contribution in [0.2, 0.25) is 5.02 Å². The molecule has 0 atom stereocenters. The van der Waals surface area contributed by atoms with Gasteiger partial charge in [-0.15, -0.1) is 0 Å². The van der Waals surface area contributed by atoms with Crippen molar-refractivity contribution in [1.82, 2.24) is 15.5 Å². The Kier molecular flexibility index (Phi) is 3.61. The van der Waals surface area contributed by atoms with E-state index in [1.165, 1.54) is 0 Å². The highest BCUT2D eigenvalue weighted by atomic mass is 35.5. The van der Waals surface area contributed by atoms with Crippen molar-refractivity contribution in [2.45, 2.75) is 20.0 Å². The van der Waals surface area contributed by atoms with Gasteiger partial charge in [0, 0.05) is 17.1 Å². The summed E-state index contributed by atoms with van der Waals surface area (Å²) >= 11 is 5.84. The van der Waals surface area contributed by atoms with E-state index in [0.29, 0.717) is 29.8 Å². The molecule has 0 saturated heterocycles. The van der Waals surface area contributed by atoms with Crippen molar-refractivity contribution < 1.29 is 9.63 Å². The second-order valence-electron chi connectivity index (χ2n) is 3.61. The van der Waals surface area contributed by atoms with Crippen LogP contribution in [0, 0.1) is 6.92 Å². The highest BCUT2D eigenvalue weighted by molar-refractivity contribution is 6.30. The Morgan fingerprint density at radius 2 is 2.24 bits per heavy atom. The van der Waals surface area contributed by atoms with Crippen LogP contribution in [0.5, 0.6) is 5.75 Å². The van der Waals surface area contributed by atoms with Crippen molar-refractivity contribution in [1.29, 1.82) is 0 Å². The van der Waals surface area contributed by atoms with Crippen LogP contribution < -0.4 is 5.32 Å². The SMILES string of the molecule is Cc1noc(CNCc2cc(Cl)ccc2O)n1. The molecule has 2 rings (SSSR count). The quantitative estimate of drug-likeness (QED) is 0.872. The lowest BCUT2D eigenvalue weighted by Gasteiger charge is -2.05. The molecule has 0 fully saturated rings. The van der Waals surface area contributed by atoms with Crippen LogP contribution in [-0.2, 0) is 13.1 Å². The van der Waals surface area contributed by atoms with Crippen LogP contribution in [-0.4, -0.2) is 15.2 Å². The third-order valence-corrected chi connectivity index (χ3v) is 2.44. The number of aryl methyl sites for hydroxylation is 1. The van der Waals surface area contributed by atoms with Crippen molar-refractivity contribution in [2.24, 2.45) is 0 Å². The average Bonchev–Trinajstić information content (AvgIpc) is 2.69. The van der Waals surface area contributed by atoms with Gasteiger partial charge in [0.2, 0.25) is 5.89 Å². The standard InChI is InChI=1S/C11H12ClN3O2/c1-7-14-11(17-15-7)6-13-5-8-4-9(12)2-3-10(8)16/h2-4,13,16H,5-6H2,1H3. The molecular formula is C11H12ClN3O2. The lowest BCUT2D eigenvalue weighted by Crippen LogP contribution is -2.13. The number of hydrogen-bond donors (Lipinski definition) is 2. The number of aromatic hydroxyl groups is 1. The number of rotatable bonds is 4. The second-order valence-corrected chi connectivity index (χ2v) is 4.05. The second kappa shape index (κ2) is 5.16. The van der Waals surface area contributed by atoms with E-state index in [0.717, 1.165) is 5.56 Å². The molecule has 1 heterocycles. The van der Waals surface area contributed by atoms with Gasteiger partial charge >= 0.3 is 0 Å². The minimum atomic E-state index is 0.212. The third kappa shape index (κ3) is 3.18. The minimum absolute atomic E-state index is 0.212. The van der Waals surface area contributed by atoms with Gasteiger partial charge in [0.25, 0.3) is 0 Å². The Bertz CT molecular complexity index is 513. The first-order chi connectivity index (χ1) is 8.15. The van der Waals surface area contributed by atoms with Crippen molar-refractivity contribution in [3.63, 3.8) is 0 Å². The number of phenolic OH excluding ortho intramolecular Hbond substituents is 1. The fourth-order valence-electron chi connectivity index (χ4n) is 1.41. The summed E-state index contributed by atoms with van der Waals surface area (Å²) in [5.41, 5.74) is 0.730. The summed E-state index contributed by atoms with van der Waals surface area (Å²) in [5.74, 6) is 1.33. The molecule has 90 valence electrons. The van der Waals surface area contributed by atoms with E-state index in [1.807, 2.05) is 0 Å². The van der Waals surface area contributed by atoms with Crippen molar-refractivity contribution >= 4 is 11.6 Å². The zero-order chi connectivity index (χ0) is 12.3. The molecule has 0 radical (unpaired) electrons. The molecule has 0 aliphatic rings. The van der Waals surface area contributed by atoms with Gasteiger partial charge in [-0.05, 0) is 25.1 Å². The van der Waals surface area contributed by atoms with E-state index >= 15 is 0 Å². The Hall–Kier alpha value is -1.59. The Balaban J connectivity index is 1.91. The number of phenols is 1. The molecule has 17 heavy (non-hydrogen) atoms. The summed E-state index contributed by atoms with van der Waals surface area (Å²) in [5, 5.41) is 16.9. The van der Waals surface area contributed by atoms with Gasteiger partial charge in [0.05, 0.1) is 6.54 Å². The maximum Gasteiger partial charge on any atom is 0.240 e. The van der Waals surface area contributed by atoms with Crippen LogP contribution in [0.3, 0.4) is 0 Å². The molecule has 0 amide bonds. The first-order valence-corrected chi connectivity index (χ1v) is 5.50. The largest absolute Gasteiger partial charge is 0.508 e. The summed E-state index contributed by atoms with van der Waals surface area (Å²) in [7, 11) is 0. The topological polar surface area (TPSA) is 71.2 Å². The maximum absolute atomic E-state index is 9.59. The number of nitrogens with zero attached hydrogens (tertiary/aromatic N) is 2. The molecule has 0 bridgehead atoms. The summed E-state index contributed by atoms with van der Waals surface area (Å²) in [6.07, 6.45) is 0. The average molecular weight is 254 g/mol. The van der Waals surface area contributed by atoms with E-state index in [4.69, 9.17) is 16.1 Å². The zero-order valence-electron chi connectivity index (χ0n) is 9.27. The highest BCUT2D eigenvalue weighted by Crippen LogP contribution is 2.21. The lowest BCUT2D eigenvalue weighted by atomic mass is 10.2. The van der Waals surface area contributed by atoms with Crippen molar-refractivity contribution in [2.75, 3.05) is 0 Å². The molecular weight excluding hydrogens is 242 g/mol. The van der Waals surface area contributed by atoms with Gasteiger partial charge in [-0.2, -0.15) is 4.98 Å². The molecule has 0 aliphatic heterocycles. The van der Waals surface area contributed by atoms with E-state index in [1.54, 1.807) is 25.1 Å². The van der Waals surface area contributed by atoms with E-state index in [-0.39, 0.29) is 5.75 Å². The molecule has 0 unspecified atom stereocenters. The third-order valence-electron chi connectivity index (χ3n) is 2.20. The van der Waals surface area contributed by atoms with Gasteiger partial charge < -0.3 is 14.9 Å². The Morgan fingerprint density at radius 3 is 2.94 bits per heavy atom. The van der Waals surface area contributed by atoms with Crippen molar-refractivity contribution in [3.8, 4) is 5.75 Å². The number of hydrogen-bond acceptors (Lipinski definition) is 5. The monoisotopic (exact) mass is 253 g/mol. The van der Waals surface area contributed by atoms with Crippen molar-refractivity contribution in [3.05, 3.63) is 40.5 Å². The molecule has 0 saturated carbocycles. The fourth-order valence-corrected chi connectivity index (χ4v) is 1.61. The summed E-state index contributed by atoms with van der Waals surface area (Å²) in [6.45, 7) is 2.69. The predicted octanol–water partition coefficient (Wildman–Crippen LogP) is 2.03. The van der Waals surface area contributed by atoms with Crippen LogP contribution in [0.4, 0.5) is 0 Å². The lowest BCUT2D eigenvalue weighted by molar-refractivity contribution is 0.363. The number of benzene rings is 1. The van der Waals surface area contributed by atoms with Gasteiger partial charge in [0.1, 0.15) is 5.75 Å². The van der Waals surface area contributed by atoms with Crippen LogP contribution in [0.1, 0.15) is 17.3 Å². The summed E-state index contributed by atoms with van der Waals surface area (Å²) < 4.78 is 4.94. The van der Waals surface area contributed by atoms with E-state index in [2.05, 4.69) is 15.5 Å². The normalized spacial score (nSPS) is 10.7. The van der Waals surface area contributed by atoms with Gasteiger partial charge in [-0.3, -0.25) is 0 Å². The molecule has 5 nitrogen and oxygen atoms in total. The number of aromatic nitrogens is 2. The Labute approximate surface area is 103 Å². The molecule has 0 aliphatic carbocycles. The van der Waals surface area contributed by atoms with E-state index in [9.17, 15) is 5.11 Å². The minimum Gasteiger partial charge on any atom is -0.508 e. The molecule has 2 N–H and O–H groups in total. The summed E-state index contributed by atoms with van der Waals surface area (Å²) in [4.78, 5) is 4.05. The summed E-state index contributed by atoms with van der Waals surface area (Å²) in [6, 6.07) is 4.92. The first-order valence-electron chi connectivity index (χ1n) is 5.12. The smallest absolute Gasteiger partial charge is 0.240 e. The first kappa shape index (κ1) is 11.9. The Morgan fingerprint density at radius 1 is 1.41 bits per heavy atom. The van der Waals surface area contributed by atoms with Crippen LogP contribution in [0.15, 0.2) is 22.7 Å². The van der Waals surface area contributed by atoms with Gasteiger partial charge in [-0.25, -0.2) is 0 Å². The van der Waals surface area contributed by atoms with Crippen LogP contribution >= 0.6 is 11.6 Å².